The maximum absolute atomic E-state index is 13.5. The maximum atomic E-state index is 13.5. The molecule has 1 aliphatic rings. The fraction of sp³-hybridized carbons (Fsp3) is 0.444. The zero-order valence-corrected chi connectivity index (χ0v) is 14.6. The third-order valence-corrected chi connectivity index (χ3v) is 4.50. The van der Waals surface area contributed by atoms with Crippen LogP contribution in [0.5, 0.6) is 0 Å². The Balaban J connectivity index is 1.42. The molecule has 0 atom stereocenters. The molecular formula is C18H21FN4O3. The molecule has 0 spiro atoms. The molecule has 1 aromatic carbocycles. The minimum absolute atomic E-state index is 0.0174. The molecule has 0 unspecified atom stereocenters. The maximum Gasteiger partial charge on any atom is 0.254 e. The average Bonchev–Trinajstić information content (AvgIpc) is 3.08. The van der Waals surface area contributed by atoms with Gasteiger partial charge in [0.25, 0.3) is 5.91 Å². The van der Waals surface area contributed by atoms with E-state index >= 15 is 0 Å². The number of amides is 2. The predicted molar refractivity (Wildman–Crippen MR) is 90.9 cm³/mol. The number of aryl methyl sites for hydroxylation is 1. The van der Waals surface area contributed by atoms with Crippen molar-refractivity contribution in [2.24, 2.45) is 0 Å². The summed E-state index contributed by atoms with van der Waals surface area (Å²) in [5.41, 5.74) is -0.0174. The van der Waals surface area contributed by atoms with Crippen LogP contribution in [0, 0.1) is 12.7 Å². The van der Waals surface area contributed by atoms with Crippen LogP contribution in [0.1, 0.15) is 47.3 Å². The minimum Gasteiger partial charge on any atom is -0.351 e. The van der Waals surface area contributed by atoms with Gasteiger partial charge in [0.2, 0.25) is 11.8 Å². The molecule has 0 saturated carbocycles. The monoisotopic (exact) mass is 360 g/mol. The van der Waals surface area contributed by atoms with Gasteiger partial charge in [0.05, 0.1) is 5.56 Å². The number of piperidine rings is 1. The van der Waals surface area contributed by atoms with E-state index in [0.29, 0.717) is 24.8 Å². The average molecular weight is 360 g/mol. The van der Waals surface area contributed by atoms with E-state index in [0.717, 1.165) is 12.8 Å². The summed E-state index contributed by atoms with van der Waals surface area (Å²) in [5.74, 6) is 0.340. The number of rotatable bonds is 5. The van der Waals surface area contributed by atoms with Gasteiger partial charge in [-0.25, -0.2) is 4.39 Å². The lowest BCUT2D eigenvalue weighted by atomic mass is 9.96. The Bertz CT molecular complexity index is 784. The van der Waals surface area contributed by atoms with Gasteiger partial charge >= 0.3 is 0 Å². The zero-order valence-electron chi connectivity index (χ0n) is 14.6. The van der Waals surface area contributed by atoms with Crippen LogP contribution in [-0.4, -0.2) is 46.5 Å². The van der Waals surface area contributed by atoms with E-state index < -0.39 is 11.7 Å². The second-order valence-corrected chi connectivity index (χ2v) is 6.31. The Morgan fingerprint density at radius 2 is 2.04 bits per heavy atom. The standard InChI is InChI=1S/C18H21FN4O3/c1-12-21-17(22-26-12)13-7-10-23(11-8-13)16(24)6-9-20-18(25)14-4-2-3-5-15(14)19/h2-5,13H,6-11H2,1H3,(H,20,25). The highest BCUT2D eigenvalue weighted by Crippen LogP contribution is 2.26. The van der Waals surface area contributed by atoms with Crippen LogP contribution in [0.15, 0.2) is 28.8 Å². The lowest BCUT2D eigenvalue weighted by Gasteiger charge is -2.30. The normalized spacial score (nSPS) is 15.1. The van der Waals surface area contributed by atoms with Crippen LogP contribution in [0.25, 0.3) is 0 Å². The number of aromatic nitrogens is 2. The Morgan fingerprint density at radius 1 is 1.31 bits per heavy atom. The number of hydrogen-bond donors (Lipinski definition) is 1. The van der Waals surface area contributed by atoms with Gasteiger partial charge in [0.15, 0.2) is 5.82 Å². The van der Waals surface area contributed by atoms with Crippen molar-refractivity contribution < 1.29 is 18.5 Å². The van der Waals surface area contributed by atoms with Crippen LogP contribution >= 0.6 is 0 Å². The van der Waals surface area contributed by atoms with Crippen molar-refractivity contribution >= 4 is 11.8 Å². The number of carbonyl (C=O) groups excluding carboxylic acids is 2. The van der Waals surface area contributed by atoms with E-state index in [1.54, 1.807) is 17.9 Å². The van der Waals surface area contributed by atoms with Crippen LogP contribution in [0.3, 0.4) is 0 Å². The Kier molecular flexibility index (Phi) is 5.60. The van der Waals surface area contributed by atoms with Gasteiger partial charge in [0.1, 0.15) is 5.82 Å². The fourth-order valence-corrected chi connectivity index (χ4v) is 3.05. The van der Waals surface area contributed by atoms with Crippen molar-refractivity contribution in [3.05, 3.63) is 47.4 Å². The minimum atomic E-state index is -0.574. The summed E-state index contributed by atoms with van der Waals surface area (Å²) in [6.07, 6.45) is 1.75. The molecule has 1 aromatic heterocycles. The van der Waals surface area contributed by atoms with E-state index in [4.69, 9.17) is 4.52 Å². The predicted octanol–water partition coefficient (Wildman–Crippen LogP) is 2.04. The fourth-order valence-electron chi connectivity index (χ4n) is 3.05. The van der Waals surface area contributed by atoms with Crippen molar-refractivity contribution in [1.29, 1.82) is 0 Å². The van der Waals surface area contributed by atoms with Crippen molar-refractivity contribution in [2.45, 2.75) is 32.1 Å². The number of hydrogen-bond acceptors (Lipinski definition) is 5. The largest absolute Gasteiger partial charge is 0.351 e. The SMILES string of the molecule is Cc1nc(C2CCN(C(=O)CCNC(=O)c3ccccc3F)CC2)no1. The van der Waals surface area contributed by atoms with Crippen LogP contribution in [0.4, 0.5) is 4.39 Å². The summed E-state index contributed by atoms with van der Waals surface area (Å²) in [6.45, 7) is 3.18. The second kappa shape index (κ2) is 8.07. The van der Waals surface area contributed by atoms with Gasteiger partial charge in [-0.05, 0) is 25.0 Å². The van der Waals surface area contributed by atoms with Gasteiger partial charge < -0.3 is 14.7 Å². The molecule has 0 bridgehead atoms. The van der Waals surface area contributed by atoms with Gasteiger partial charge in [-0.15, -0.1) is 0 Å². The van der Waals surface area contributed by atoms with Crippen molar-refractivity contribution in [1.82, 2.24) is 20.4 Å². The van der Waals surface area contributed by atoms with Gasteiger partial charge in [-0.3, -0.25) is 9.59 Å². The van der Waals surface area contributed by atoms with E-state index in [-0.39, 0.29) is 30.4 Å². The van der Waals surface area contributed by atoms with E-state index in [1.807, 2.05) is 0 Å². The van der Waals surface area contributed by atoms with Crippen LogP contribution in [0.2, 0.25) is 0 Å². The first-order valence-corrected chi connectivity index (χ1v) is 8.65. The number of likely N-dealkylation sites (tertiary alicyclic amines) is 1. The highest BCUT2D eigenvalue weighted by atomic mass is 19.1. The molecular weight excluding hydrogens is 339 g/mol. The molecule has 7 nitrogen and oxygen atoms in total. The van der Waals surface area contributed by atoms with Gasteiger partial charge in [-0.1, -0.05) is 17.3 Å². The van der Waals surface area contributed by atoms with E-state index in [1.165, 1.54) is 18.2 Å². The molecule has 26 heavy (non-hydrogen) atoms. The molecule has 2 amide bonds. The highest BCUT2D eigenvalue weighted by molar-refractivity contribution is 5.94. The molecule has 1 aliphatic heterocycles. The molecule has 3 rings (SSSR count). The molecule has 138 valence electrons. The van der Waals surface area contributed by atoms with Crippen molar-refractivity contribution in [2.75, 3.05) is 19.6 Å². The number of carbonyl (C=O) groups is 2. The zero-order chi connectivity index (χ0) is 18.5. The first kappa shape index (κ1) is 18.0. The quantitative estimate of drug-likeness (QED) is 0.882. The lowest BCUT2D eigenvalue weighted by molar-refractivity contribution is -0.132. The first-order valence-electron chi connectivity index (χ1n) is 8.65. The summed E-state index contributed by atoms with van der Waals surface area (Å²) in [7, 11) is 0. The molecule has 8 heteroatoms. The van der Waals surface area contributed by atoms with Gasteiger partial charge in [-0.2, -0.15) is 4.98 Å². The van der Waals surface area contributed by atoms with Crippen LogP contribution < -0.4 is 5.32 Å². The molecule has 1 fully saturated rings. The van der Waals surface area contributed by atoms with Gasteiger partial charge in [0, 0.05) is 38.9 Å². The number of nitrogens with zero attached hydrogens (tertiary/aromatic N) is 3. The summed E-state index contributed by atoms with van der Waals surface area (Å²) in [4.78, 5) is 30.2. The Labute approximate surface area is 150 Å². The summed E-state index contributed by atoms with van der Waals surface area (Å²) >= 11 is 0. The highest BCUT2D eigenvalue weighted by Gasteiger charge is 2.26. The molecule has 0 radical (unpaired) electrons. The Morgan fingerprint density at radius 3 is 2.69 bits per heavy atom. The smallest absolute Gasteiger partial charge is 0.254 e. The summed E-state index contributed by atoms with van der Waals surface area (Å²) in [5, 5.41) is 6.53. The lowest BCUT2D eigenvalue weighted by Crippen LogP contribution is -2.39. The second-order valence-electron chi connectivity index (χ2n) is 6.31. The number of nitrogens with one attached hydrogen (secondary N) is 1. The topological polar surface area (TPSA) is 88.3 Å². The van der Waals surface area contributed by atoms with E-state index in [2.05, 4.69) is 15.5 Å². The third-order valence-electron chi connectivity index (χ3n) is 4.50. The van der Waals surface area contributed by atoms with Crippen molar-refractivity contribution in [3.8, 4) is 0 Å². The summed E-state index contributed by atoms with van der Waals surface area (Å²) in [6, 6.07) is 5.76. The van der Waals surface area contributed by atoms with E-state index in [9.17, 15) is 14.0 Å². The molecule has 2 heterocycles. The molecule has 2 aromatic rings. The molecule has 1 saturated heterocycles. The third kappa shape index (κ3) is 4.25. The molecule has 0 aliphatic carbocycles. The molecule has 1 N–H and O–H groups in total. The van der Waals surface area contributed by atoms with Crippen LogP contribution in [-0.2, 0) is 4.79 Å². The van der Waals surface area contributed by atoms with Crippen molar-refractivity contribution in [3.63, 3.8) is 0 Å². The summed E-state index contributed by atoms with van der Waals surface area (Å²) < 4.78 is 18.5. The first-order chi connectivity index (χ1) is 12.5. The Hall–Kier alpha value is -2.77. The number of halogens is 1. The number of benzene rings is 1.